The molecule has 0 atom stereocenters. The Kier molecular flexibility index (Phi) is 3.92. The normalized spacial score (nSPS) is 10.1. The van der Waals surface area contributed by atoms with Gasteiger partial charge < -0.3 is 10.5 Å². The van der Waals surface area contributed by atoms with Crippen LogP contribution < -0.4 is 16.0 Å². The van der Waals surface area contributed by atoms with E-state index in [2.05, 4.69) is 4.98 Å². The first-order valence-corrected chi connectivity index (χ1v) is 5.66. The Morgan fingerprint density at radius 1 is 1.32 bits per heavy atom. The van der Waals surface area contributed by atoms with E-state index in [-0.39, 0.29) is 18.0 Å². The predicted octanol–water partition coefficient (Wildman–Crippen LogP) is 0.308. The van der Waals surface area contributed by atoms with E-state index in [9.17, 15) is 9.59 Å². The van der Waals surface area contributed by atoms with E-state index in [4.69, 9.17) is 10.5 Å². The van der Waals surface area contributed by atoms with Crippen LogP contribution in [0.4, 0.5) is 0 Å². The lowest BCUT2D eigenvalue weighted by molar-refractivity contribution is -0.118. The van der Waals surface area contributed by atoms with Gasteiger partial charge in [-0.05, 0) is 5.56 Å². The van der Waals surface area contributed by atoms with Gasteiger partial charge in [0.25, 0.3) is 5.56 Å². The van der Waals surface area contributed by atoms with E-state index in [0.717, 1.165) is 10.1 Å². The van der Waals surface area contributed by atoms with Crippen LogP contribution in [0.3, 0.4) is 0 Å². The molecular formula is C13H13N3O3. The van der Waals surface area contributed by atoms with Gasteiger partial charge >= 0.3 is 0 Å². The van der Waals surface area contributed by atoms with Crippen molar-refractivity contribution in [1.29, 1.82) is 0 Å². The molecule has 0 aliphatic carbocycles. The number of rotatable bonds is 5. The Balaban J connectivity index is 2.04. The van der Waals surface area contributed by atoms with Crippen LogP contribution in [-0.2, 0) is 17.9 Å². The Labute approximate surface area is 109 Å². The maximum Gasteiger partial charge on any atom is 0.257 e. The molecule has 0 aliphatic heterocycles. The fourth-order valence-electron chi connectivity index (χ4n) is 1.51. The van der Waals surface area contributed by atoms with E-state index in [1.807, 2.05) is 30.3 Å². The first-order chi connectivity index (χ1) is 9.15. The Morgan fingerprint density at radius 3 is 2.68 bits per heavy atom. The number of carbonyl (C=O) groups excluding carboxylic acids is 1. The molecule has 0 bridgehead atoms. The second-order valence-electron chi connectivity index (χ2n) is 3.93. The molecule has 19 heavy (non-hydrogen) atoms. The van der Waals surface area contributed by atoms with Crippen LogP contribution >= 0.6 is 0 Å². The molecule has 1 heterocycles. The molecule has 0 aliphatic rings. The van der Waals surface area contributed by atoms with Crippen molar-refractivity contribution in [2.75, 3.05) is 0 Å². The lowest BCUT2D eigenvalue weighted by Gasteiger charge is -2.06. The second-order valence-corrected chi connectivity index (χ2v) is 3.93. The van der Waals surface area contributed by atoms with Crippen LogP contribution in [-0.4, -0.2) is 15.5 Å². The molecule has 98 valence electrons. The van der Waals surface area contributed by atoms with E-state index in [0.29, 0.717) is 6.61 Å². The summed E-state index contributed by atoms with van der Waals surface area (Å²) >= 11 is 0. The molecule has 0 unspecified atom stereocenters. The molecule has 1 aromatic carbocycles. The van der Waals surface area contributed by atoms with Crippen molar-refractivity contribution >= 4 is 5.91 Å². The molecule has 6 nitrogen and oxygen atoms in total. The lowest BCUT2D eigenvalue weighted by Crippen LogP contribution is -2.27. The SMILES string of the molecule is NC(=O)Cn1cnc(OCc2ccccc2)cc1=O. The number of ether oxygens (including phenoxy) is 1. The molecule has 2 rings (SSSR count). The quantitative estimate of drug-likeness (QED) is 0.837. The summed E-state index contributed by atoms with van der Waals surface area (Å²) in [5, 5.41) is 0. The molecule has 2 aromatic rings. The summed E-state index contributed by atoms with van der Waals surface area (Å²) < 4.78 is 6.51. The van der Waals surface area contributed by atoms with E-state index in [1.54, 1.807) is 0 Å². The molecule has 0 fully saturated rings. The molecule has 6 heteroatoms. The topological polar surface area (TPSA) is 87.2 Å². The second kappa shape index (κ2) is 5.81. The highest BCUT2D eigenvalue weighted by atomic mass is 16.5. The van der Waals surface area contributed by atoms with Crippen molar-refractivity contribution in [3.05, 3.63) is 58.6 Å². The minimum Gasteiger partial charge on any atom is -0.473 e. The Morgan fingerprint density at radius 2 is 2.05 bits per heavy atom. The lowest BCUT2D eigenvalue weighted by atomic mass is 10.2. The summed E-state index contributed by atoms with van der Waals surface area (Å²) in [4.78, 5) is 26.3. The Bertz CT molecular complexity index is 623. The molecule has 0 saturated carbocycles. The summed E-state index contributed by atoms with van der Waals surface area (Å²) in [6.45, 7) is 0.137. The summed E-state index contributed by atoms with van der Waals surface area (Å²) in [7, 11) is 0. The van der Waals surface area contributed by atoms with Gasteiger partial charge in [-0.25, -0.2) is 4.98 Å². The summed E-state index contributed by atoms with van der Waals surface area (Å²) in [6, 6.07) is 10.8. The van der Waals surface area contributed by atoms with Crippen molar-refractivity contribution in [2.45, 2.75) is 13.2 Å². The number of amides is 1. The summed E-state index contributed by atoms with van der Waals surface area (Å²) in [5.74, 6) is -0.378. The molecular weight excluding hydrogens is 246 g/mol. The van der Waals surface area contributed by atoms with Gasteiger partial charge in [0.05, 0.1) is 6.07 Å². The number of aromatic nitrogens is 2. The molecule has 0 saturated heterocycles. The largest absolute Gasteiger partial charge is 0.473 e. The minimum atomic E-state index is -0.596. The van der Waals surface area contributed by atoms with Crippen molar-refractivity contribution in [3.63, 3.8) is 0 Å². The van der Waals surface area contributed by atoms with Gasteiger partial charge in [0.1, 0.15) is 19.5 Å². The fourth-order valence-corrected chi connectivity index (χ4v) is 1.51. The van der Waals surface area contributed by atoms with Crippen LogP contribution in [0.25, 0.3) is 0 Å². The summed E-state index contributed by atoms with van der Waals surface area (Å²) in [5.41, 5.74) is 5.61. The number of carbonyl (C=O) groups is 1. The number of nitrogens with zero attached hydrogens (tertiary/aromatic N) is 2. The third-order valence-electron chi connectivity index (χ3n) is 2.41. The number of hydrogen-bond acceptors (Lipinski definition) is 4. The van der Waals surface area contributed by atoms with Crippen LogP contribution in [0.15, 0.2) is 47.5 Å². The highest BCUT2D eigenvalue weighted by Crippen LogP contribution is 2.06. The first-order valence-electron chi connectivity index (χ1n) is 5.66. The van der Waals surface area contributed by atoms with Crippen LogP contribution in [0.1, 0.15) is 5.56 Å². The average Bonchev–Trinajstić information content (AvgIpc) is 2.40. The van der Waals surface area contributed by atoms with Gasteiger partial charge in [0, 0.05) is 0 Å². The van der Waals surface area contributed by atoms with Crippen molar-refractivity contribution in [2.24, 2.45) is 5.73 Å². The molecule has 2 N–H and O–H groups in total. The van der Waals surface area contributed by atoms with Crippen molar-refractivity contribution < 1.29 is 9.53 Å². The van der Waals surface area contributed by atoms with E-state index >= 15 is 0 Å². The molecule has 0 radical (unpaired) electrons. The monoisotopic (exact) mass is 259 g/mol. The highest BCUT2D eigenvalue weighted by Gasteiger charge is 2.03. The minimum absolute atomic E-state index is 0.190. The fraction of sp³-hybridized carbons (Fsp3) is 0.154. The summed E-state index contributed by atoms with van der Waals surface area (Å²) in [6.07, 6.45) is 1.24. The van der Waals surface area contributed by atoms with E-state index in [1.165, 1.54) is 12.4 Å². The zero-order valence-electron chi connectivity index (χ0n) is 10.2. The van der Waals surface area contributed by atoms with Gasteiger partial charge in [-0.1, -0.05) is 30.3 Å². The molecule has 1 aromatic heterocycles. The average molecular weight is 259 g/mol. The number of nitrogens with two attached hydrogens (primary N) is 1. The zero-order chi connectivity index (χ0) is 13.7. The third-order valence-corrected chi connectivity index (χ3v) is 2.41. The van der Waals surface area contributed by atoms with Crippen LogP contribution in [0, 0.1) is 0 Å². The van der Waals surface area contributed by atoms with Gasteiger partial charge in [0.2, 0.25) is 11.8 Å². The van der Waals surface area contributed by atoms with Crippen LogP contribution in [0.2, 0.25) is 0 Å². The Hall–Kier alpha value is -2.63. The van der Waals surface area contributed by atoms with Gasteiger partial charge in [-0.3, -0.25) is 14.2 Å². The molecule has 1 amide bonds. The van der Waals surface area contributed by atoms with Crippen molar-refractivity contribution in [3.8, 4) is 5.88 Å². The smallest absolute Gasteiger partial charge is 0.257 e. The highest BCUT2D eigenvalue weighted by molar-refractivity contribution is 5.73. The first kappa shape index (κ1) is 12.8. The predicted molar refractivity (Wildman–Crippen MR) is 68.5 cm³/mol. The maximum atomic E-state index is 11.6. The number of benzene rings is 1. The van der Waals surface area contributed by atoms with E-state index < -0.39 is 5.91 Å². The van der Waals surface area contributed by atoms with Gasteiger partial charge in [-0.2, -0.15) is 0 Å². The maximum absolute atomic E-state index is 11.6. The molecule has 0 spiro atoms. The third kappa shape index (κ3) is 3.67. The standard InChI is InChI=1S/C13H13N3O3/c14-11(17)7-16-9-15-12(6-13(16)18)19-8-10-4-2-1-3-5-10/h1-6,9H,7-8H2,(H2,14,17). The van der Waals surface area contributed by atoms with Gasteiger partial charge in [-0.15, -0.1) is 0 Å². The zero-order valence-corrected chi connectivity index (χ0v) is 10.2. The number of primary amides is 1. The van der Waals surface area contributed by atoms with Crippen LogP contribution in [0.5, 0.6) is 5.88 Å². The van der Waals surface area contributed by atoms with Gasteiger partial charge in [0.15, 0.2) is 0 Å². The number of hydrogen-bond donors (Lipinski definition) is 1. The van der Waals surface area contributed by atoms with Crippen molar-refractivity contribution in [1.82, 2.24) is 9.55 Å².